The van der Waals surface area contributed by atoms with E-state index in [1.807, 2.05) is 0 Å². The highest BCUT2D eigenvalue weighted by Crippen LogP contribution is 2.26. The summed E-state index contributed by atoms with van der Waals surface area (Å²) in [5, 5.41) is 3.35. The molecule has 0 aromatic heterocycles. The van der Waals surface area contributed by atoms with Gasteiger partial charge in [0.15, 0.2) is 0 Å². The SMILES string of the molecule is CCNc1c(C)ccc(Br)c1C. The van der Waals surface area contributed by atoms with E-state index < -0.39 is 0 Å². The number of hydrogen-bond acceptors (Lipinski definition) is 1. The van der Waals surface area contributed by atoms with Crippen molar-refractivity contribution in [2.24, 2.45) is 0 Å². The highest BCUT2D eigenvalue weighted by Gasteiger charge is 2.03. The minimum absolute atomic E-state index is 0.970. The summed E-state index contributed by atoms with van der Waals surface area (Å²) in [5.74, 6) is 0. The fraction of sp³-hybridized carbons (Fsp3) is 0.400. The molecular weight excluding hydrogens is 214 g/mol. The first-order valence-corrected chi connectivity index (χ1v) is 4.95. The Labute approximate surface area is 82.3 Å². The Bertz CT molecular complexity index is 281. The van der Waals surface area contributed by atoms with Crippen molar-refractivity contribution in [1.82, 2.24) is 0 Å². The maximum absolute atomic E-state index is 3.51. The molecule has 1 aromatic carbocycles. The molecule has 0 saturated carbocycles. The first-order chi connectivity index (χ1) is 5.66. The van der Waals surface area contributed by atoms with E-state index in [1.54, 1.807) is 0 Å². The zero-order valence-corrected chi connectivity index (χ0v) is 9.33. The fourth-order valence-corrected chi connectivity index (χ4v) is 1.60. The lowest BCUT2D eigenvalue weighted by Crippen LogP contribution is -2.01. The third-order valence-corrected chi connectivity index (χ3v) is 2.82. The Morgan fingerprint density at radius 1 is 1.33 bits per heavy atom. The van der Waals surface area contributed by atoms with Crippen molar-refractivity contribution >= 4 is 21.6 Å². The largest absolute Gasteiger partial charge is 0.385 e. The lowest BCUT2D eigenvalue weighted by atomic mass is 10.1. The summed E-state index contributed by atoms with van der Waals surface area (Å²) in [4.78, 5) is 0. The van der Waals surface area contributed by atoms with E-state index in [-0.39, 0.29) is 0 Å². The molecule has 2 heteroatoms. The number of rotatable bonds is 2. The van der Waals surface area contributed by atoms with E-state index in [0.717, 1.165) is 6.54 Å². The standard InChI is InChI=1S/C10H14BrN/c1-4-12-10-7(2)5-6-9(11)8(10)3/h5-6,12H,4H2,1-3H3. The molecule has 0 unspecified atom stereocenters. The van der Waals surface area contributed by atoms with Crippen LogP contribution in [0.25, 0.3) is 0 Å². The van der Waals surface area contributed by atoms with E-state index in [9.17, 15) is 0 Å². The lowest BCUT2D eigenvalue weighted by Gasteiger charge is -2.11. The molecule has 66 valence electrons. The monoisotopic (exact) mass is 227 g/mol. The highest BCUT2D eigenvalue weighted by molar-refractivity contribution is 9.10. The molecule has 1 nitrogen and oxygen atoms in total. The predicted molar refractivity (Wildman–Crippen MR) is 57.8 cm³/mol. The zero-order valence-electron chi connectivity index (χ0n) is 7.74. The minimum Gasteiger partial charge on any atom is -0.385 e. The van der Waals surface area contributed by atoms with Crippen LogP contribution >= 0.6 is 15.9 Å². The second kappa shape index (κ2) is 3.94. The van der Waals surface area contributed by atoms with E-state index in [4.69, 9.17) is 0 Å². The molecule has 0 spiro atoms. The fourth-order valence-electron chi connectivity index (χ4n) is 1.27. The van der Waals surface area contributed by atoms with Crippen molar-refractivity contribution in [2.45, 2.75) is 20.8 Å². The van der Waals surface area contributed by atoms with Crippen LogP contribution < -0.4 is 5.32 Å². The quantitative estimate of drug-likeness (QED) is 0.816. The Morgan fingerprint density at radius 2 is 2.00 bits per heavy atom. The lowest BCUT2D eigenvalue weighted by molar-refractivity contribution is 1.18. The molecule has 1 N–H and O–H groups in total. The average molecular weight is 228 g/mol. The van der Waals surface area contributed by atoms with Crippen LogP contribution in [0.2, 0.25) is 0 Å². The summed E-state index contributed by atoms with van der Waals surface area (Å²) in [7, 11) is 0. The number of hydrogen-bond donors (Lipinski definition) is 1. The number of aryl methyl sites for hydroxylation is 1. The van der Waals surface area contributed by atoms with E-state index >= 15 is 0 Å². The second-order valence-corrected chi connectivity index (χ2v) is 3.75. The minimum atomic E-state index is 0.970. The maximum Gasteiger partial charge on any atom is 0.0410 e. The van der Waals surface area contributed by atoms with E-state index in [1.165, 1.54) is 21.3 Å². The Kier molecular flexibility index (Phi) is 3.15. The van der Waals surface area contributed by atoms with Gasteiger partial charge in [-0.3, -0.25) is 0 Å². The maximum atomic E-state index is 3.51. The molecule has 1 aromatic rings. The Hall–Kier alpha value is -0.500. The van der Waals surface area contributed by atoms with E-state index in [0.29, 0.717) is 0 Å². The molecule has 0 aliphatic heterocycles. The van der Waals surface area contributed by atoms with Gasteiger partial charge in [-0.25, -0.2) is 0 Å². The van der Waals surface area contributed by atoms with Crippen molar-refractivity contribution in [1.29, 1.82) is 0 Å². The van der Waals surface area contributed by atoms with Crippen LogP contribution in [-0.4, -0.2) is 6.54 Å². The molecule has 0 radical (unpaired) electrons. The normalized spacial score (nSPS) is 10.0. The van der Waals surface area contributed by atoms with Crippen LogP contribution in [0, 0.1) is 13.8 Å². The van der Waals surface area contributed by atoms with Gasteiger partial charge in [-0.05, 0) is 38.0 Å². The van der Waals surface area contributed by atoms with Gasteiger partial charge in [0, 0.05) is 16.7 Å². The third-order valence-electron chi connectivity index (χ3n) is 1.96. The van der Waals surface area contributed by atoms with Crippen molar-refractivity contribution in [3.05, 3.63) is 27.7 Å². The summed E-state index contributed by atoms with van der Waals surface area (Å²) in [6.45, 7) is 7.32. The second-order valence-electron chi connectivity index (χ2n) is 2.89. The van der Waals surface area contributed by atoms with Crippen LogP contribution in [0.4, 0.5) is 5.69 Å². The number of anilines is 1. The summed E-state index contributed by atoms with van der Waals surface area (Å²) in [6.07, 6.45) is 0. The highest BCUT2D eigenvalue weighted by atomic mass is 79.9. The first-order valence-electron chi connectivity index (χ1n) is 4.16. The van der Waals surface area contributed by atoms with Crippen LogP contribution in [-0.2, 0) is 0 Å². The Balaban J connectivity index is 3.14. The van der Waals surface area contributed by atoms with Crippen molar-refractivity contribution in [3.63, 3.8) is 0 Å². The van der Waals surface area contributed by atoms with Gasteiger partial charge in [0.05, 0.1) is 0 Å². The van der Waals surface area contributed by atoms with Crippen LogP contribution in [0.15, 0.2) is 16.6 Å². The molecule has 0 heterocycles. The van der Waals surface area contributed by atoms with Crippen LogP contribution in [0.3, 0.4) is 0 Å². The molecule has 1 rings (SSSR count). The molecule has 0 aliphatic rings. The van der Waals surface area contributed by atoms with Gasteiger partial charge in [-0.1, -0.05) is 22.0 Å². The molecule has 0 fully saturated rings. The third kappa shape index (κ3) is 1.81. The van der Waals surface area contributed by atoms with Gasteiger partial charge in [0.25, 0.3) is 0 Å². The summed E-state index contributed by atoms with van der Waals surface area (Å²) in [5.41, 5.74) is 3.85. The van der Waals surface area contributed by atoms with Gasteiger partial charge in [0.1, 0.15) is 0 Å². The molecule has 0 aliphatic carbocycles. The van der Waals surface area contributed by atoms with Crippen molar-refractivity contribution in [2.75, 3.05) is 11.9 Å². The van der Waals surface area contributed by atoms with Gasteiger partial charge >= 0.3 is 0 Å². The Morgan fingerprint density at radius 3 is 2.58 bits per heavy atom. The molecule has 0 saturated heterocycles. The molecular formula is C10H14BrN. The molecule has 0 bridgehead atoms. The predicted octanol–water partition coefficient (Wildman–Crippen LogP) is 3.50. The average Bonchev–Trinajstić information content (AvgIpc) is 2.06. The smallest absolute Gasteiger partial charge is 0.0410 e. The van der Waals surface area contributed by atoms with Gasteiger partial charge in [0.2, 0.25) is 0 Å². The molecule has 0 amide bonds. The van der Waals surface area contributed by atoms with Crippen molar-refractivity contribution in [3.8, 4) is 0 Å². The number of nitrogens with one attached hydrogen (secondary N) is 1. The van der Waals surface area contributed by atoms with Gasteiger partial charge in [-0.2, -0.15) is 0 Å². The summed E-state index contributed by atoms with van der Waals surface area (Å²) < 4.78 is 1.17. The zero-order chi connectivity index (χ0) is 9.14. The number of halogens is 1. The molecule has 0 atom stereocenters. The topological polar surface area (TPSA) is 12.0 Å². The van der Waals surface area contributed by atoms with Gasteiger partial charge < -0.3 is 5.32 Å². The van der Waals surface area contributed by atoms with Crippen LogP contribution in [0.1, 0.15) is 18.1 Å². The van der Waals surface area contributed by atoms with E-state index in [2.05, 4.69) is 54.2 Å². The summed E-state index contributed by atoms with van der Waals surface area (Å²) in [6, 6.07) is 4.21. The van der Waals surface area contributed by atoms with Crippen LogP contribution in [0.5, 0.6) is 0 Å². The first kappa shape index (κ1) is 9.59. The molecule has 12 heavy (non-hydrogen) atoms. The summed E-state index contributed by atoms with van der Waals surface area (Å²) >= 11 is 3.51. The number of benzene rings is 1. The van der Waals surface area contributed by atoms with Gasteiger partial charge in [-0.15, -0.1) is 0 Å². The van der Waals surface area contributed by atoms with Crippen molar-refractivity contribution < 1.29 is 0 Å².